The van der Waals surface area contributed by atoms with E-state index in [-0.39, 0.29) is 36.8 Å². The van der Waals surface area contributed by atoms with E-state index < -0.39 is 0 Å². The van der Waals surface area contributed by atoms with Crippen LogP contribution in [-0.2, 0) is 0 Å². The minimum Gasteiger partial charge on any atom is -0.461 e. The molecule has 2 aliphatic heterocycles. The number of furan rings is 1. The zero-order chi connectivity index (χ0) is 13.7. The third-order valence-electron chi connectivity index (χ3n) is 4.26. The maximum atomic E-state index is 12.3. The van der Waals surface area contributed by atoms with Gasteiger partial charge in [-0.2, -0.15) is 0 Å². The molecule has 3 atom stereocenters. The molecule has 22 heavy (non-hydrogen) atoms. The molecule has 2 fully saturated rings. The normalized spacial score (nSPS) is 25.6. The summed E-state index contributed by atoms with van der Waals surface area (Å²) in [5.41, 5.74) is 1.11. The number of aromatic nitrogens is 1. The first-order valence-electron chi connectivity index (χ1n) is 6.80. The van der Waals surface area contributed by atoms with Crippen molar-refractivity contribution in [1.29, 1.82) is 0 Å². The van der Waals surface area contributed by atoms with Crippen LogP contribution in [0.2, 0.25) is 0 Å². The van der Waals surface area contributed by atoms with Gasteiger partial charge in [0, 0.05) is 23.5 Å². The second kappa shape index (κ2) is 6.74. The third kappa shape index (κ3) is 2.97. The van der Waals surface area contributed by atoms with Gasteiger partial charge >= 0.3 is 0 Å². The number of amides is 1. The van der Waals surface area contributed by atoms with Gasteiger partial charge in [0.1, 0.15) is 12.0 Å². The minimum absolute atomic E-state index is 0. The number of carbonyl (C=O) groups is 1. The van der Waals surface area contributed by atoms with Crippen molar-refractivity contribution in [2.75, 3.05) is 0 Å². The maximum Gasteiger partial charge on any atom is 0.270 e. The SMILES string of the molecule is Cl.Cl.O=C(N[C@@H]1CC2CCC1N2)c1cc2c(Br)coc2cn1. The molecule has 2 unspecified atom stereocenters. The zero-order valence-corrected chi connectivity index (χ0v) is 14.8. The fourth-order valence-corrected chi connectivity index (χ4v) is 3.66. The Morgan fingerprint density at radius 1 is 1.41 bits per heavy atom. The fourth-order valence-electron chi connectivity index (χ4n) is 3.25. The zero-order valence-electron chi connectivity index (χ0n) is 11.5. The van der Waals surface area contributed by atoms with Crippen LogP contribution in [0, 0.1) is 0 Å². The molecular formula is C14H16BrCl2N3O2. The number of rotatable bonds is 2. The largest absolute Gasteiger partial charge is 0.461 e. The first kappa shape index (κ1) is 17.5. The van der Waals surface area contributed by atoms with Crippen LogP contribution in [0.25, 0.3) is 11.0 Å². The summed E-state index contributed by atoms with van der Waals surface area (Å²) in [6.45, 7) is 0. The van der Waals surface area contributed by atoms with Crippen molar-refractivity contribution in [3.8, 4) is 0 Å². The van der Waals surface area contributed by atoms with Crippen LogP contribution < -0.4 is 10.6 Å². The van der Waals surface area contributed by atoms with Crippen molar-refractivity contribution < 1.29 is 9.21 Å². The molecule has 2 aromatic heterocycles. The number of hydrogen-bond acceptors (Lipinski definition) is 4. The van der Waals surface area contributed by atoms with Crippen LogP contribution in [0.3, 0.4) is 0 Å². The Morgan fingerprint density at radius 2 is 2.23 bits per heavy atom. The average Bonchev–Trinajstić information content (AvgIpc) is 3.15. The quantitative estimate of drug-likeness (QED) is 0.801. The Balaban J connectivity index is 0.000000882. The van der Waals surface area contributed by atoms with Crippen LogP contribution in [-0.4, -0.2) is 29.0 Å². The first-order valence-corrected chi connectivity index (χ1v) is 7.59. The van der Waals surface area contributed by atoms with E-state index >= 15 is 0 Å². The smallest absolute Gasteiger partial charge is 0.270 e. The lowest BCUT2D eigenvalue weighted by molar-refractivity contribution is 0.0926. The van der Waals surface area contributed by atoms with Gasteiger partial charge in [-0.3, -0.25) is 4.79 Å². The van der Waals surface area contributed by atoms with Gasteiger partial charge in [0.2, 0.25) is 0 Å². The Labute approximate surface area is 148 Å². The van der Waals surface area contributed by atoms with Gasteiger partial charge in [-0.25, -0.2) is 4.98 Å². The number of fused-ring (bicyclic) bond motifs is 3. The molecule has 120 valence electrons. The van der Waals surface area contributed by atoms with E-state index in [0.717, 1.165) is 22.7 Å². The molecule has 4 rings (SSSR count). The Bertz CT molecular complexity index is 694. The summed E-state index contributed by atoms with van der Waals surface area (Å²) in [5.74, 6) is -0.112. The molecule has 0 aliphatic carbocycles. The van der Waals surface area contributed by atoms with E-state index in [1.165, 1.54) is 6.42 Å². The molecule has 8 heteroatoms. The Morgan fingerprint density at radius 3 is 2.91 bits per heavy atom. The van der Waals surface area contributed by atoms with Gasteiger partial charge < -0.3 is 15.1 Å². The third-order valence-corrected chi connectivity index (χ3v) is 4.88. The monoisotopic (exact) mass is 407 g/mol. The molecule has 0 radical (unpaired) electrons. The number of hydrogen-bond donors (Lipinski definition) is 2. The minimum atomic E-state index is -0.112. The number of nitrogens with one attached hydrogen (secondary N) is 2. The van der Waals surface area contributed by atoms with Gasteiger partial charge in [0.25, 0.3) is 5.91 Å². The molecule has 2 aromatic rings. The molecular weight excluding hydrogens is 393 g/mol. The number of halogens is 3. The molecule has 0 aromatic carbocycles. The molecule has 0 saturated carbocycles. The number of pyridine rings is 1. The van der Waals surface area contributed by atoms with Crippen molar-refractivity contribution in [2.45, 2.75) is 37.4 Å². The second-order valence-corrected chi connectivity index (χ2v) is 6.37. The number of nitrogens with zero attached hydrogens (tertiary/aromatic N) is 1. The van der Waals surface area contributed by atoms with Crippen molar-refractivity contribution in [3.05, 3.63) is 28.7 Å². The molecule has 2 N–H and O–H groups in total. The highest BCUT2D eigenvalue weighted by atomic mass is 79.9. The topological polar surface area (TPSA) is 67.2 Å². The van der Waals surface area contributed by atoms with Crippen molar-refractivity contribution in [2.24, 2.45) is 0 Å². The fraction of sp³-hybridized carbons (Fsp3) is 0.429. The Kier molecular flexibility index (Phi) is 5.37. The summed E-state index contributed by atoms with van der Waals surface area (Å²) < 4.78 is 6.14. The second-order valence-electron chi connectivity index (χ2n) is 5.51. The Hall–Kier alpha value is -0.820. The maximum absolute atomic E-state index is 12.3. The van der Waals surface area contributed by atoms with Crippen LogP contribution in [0.4, 0.5) is 0 Å². The van der Waals surface area contributed by atoms with E-state index in [1.54, 1.807) is 18.5 Å². The molecule has 0 spiro atoms. The van der Waals surface area contributed by atoms with Gasteiger partial charge in [0.05, 0.1) is 10.7 Å². The van der Waals surface area contributed by atoms with Crippen molar-refractivity contribution in [1.82, 2.24) is 15.6 Å². The molecule has 2 saturated heterocycles. The summed E-state index contributed by atoms with van der Waals surface area (Å²) in [4.78, 5) is 16.5. The first-order chi connectivity index (χ1) is 9.70. The highest BCUT2D eigenvalue weighted by molar-refractivity contribution is 9.10. The number of carbonyl (C=O) groups excluding carboxylic acids is 1. The molecule has 2 bridgehead atoms. The summed E-state index contributed by atoms with van der Waals surface area (Å²) in [6, 6.07) is 2.99. The molecule has 2 aliphatic rings. The van der Waals surface area contributed by atoms with Gasteiger partial charge in [0.15, 0.2) is 5.58 Å². The van der Waals surface area contributed by atoms with E-state index in [4.69, 9.17) is 4.42 Å². The summed E-state index contributed by atoms with van der Waals surface area (Å²) in [6.07, 6.45) is 6.59. The van der Waals surface area contributed by atoms with Gasteiger partial charge in [-0.05, 0) is 41.3 Å². The molecule has 1 amide bonds. The predicted molar refractivity (Wildman–Crippen MR) is 92.0 cm³/mol. The van der Waals surface area contributed by atoms with Crippen LogP contribution in [0.15, 0.2) is 27.4 Å². The highest BCUT2D eigenvalue weighted by Gasteiger charge is 2.39. The van der Waals surface area contributed by atoms with Crippen LogP contribution in [0.1, 0.15) is 29.8 Å². The average molecular weight is 409 g/mol. The molecule has 4 heterocycles. The summed E-state index contributed by atoms with van der Waals surface area (Å²) >= 11 is 3.40. The lowest BCUT2D eigenvalue weighted by atomic mass is 9.95. The van der Waals surface area contributed by atoms with E-state index in [9.17, 15) is 4.79 Å². The predicted octanol–water partition coefficient (Wildman–Crippen LogP) is 3.06. The summed E-state index contributed by atoms with van der Waals surface area (Å²) in [5, 5.41) is 7.48. The van der Waals surface area contributed by atoms with Crippen molar-refractivity contribution in [3.63, 3.8) is 0 Å². The van der Waals surface area contributed by atoms with Crippen molar-refractivity contribution >= 4 is 57.6 Å². The van der Waals surface area contributed by atoms with Gasteiger partial charge in [-0.15, -0.1) is 24.8 Å². The lowest BCUT2D eigenvalue weighted by Crippen LogP contribution is -2.43. The molecule has 5 nitrogen and oxygen atoms in total. The van der Waals surface area contributed by atoms with E-state index in [1.807, 2.05) is 0 Å². The van der Waals surface area contributed by atoms with Crippen LogP contribution in [0.5, 0.6) is 0 Å². The van der Waals surface area contributed by atoms with Gasteiger partial charge in [-0.1, -0.05) is 0 Å². The van der Waals surface area contributed by atoms with Crippen LogP contribution >= 0.6 is 40.7 Å². The van der Waals surface area contributed by atoms with E-state index in [2.05, 4.69) is 31.5 Å². The lowest BCUT2D eigenvalue weighted by Gasteiger charge is -2.21. The highest BCUT2D eigenvalue weighted by Crippen LogP contribution is 2.29. The van der Waals surface area contributed by atoms with E-state index in [0.29, 0.717) is 23.4 Å². The standard InChI is InChI=1S/C14H14BrN3O2.2ClH/c15-9-6-20-13-5-16-12(4-8(9)13)14(19)18-11-3-7-1-2-10(11)17-7;;/h4-7,10-11,17H,1-3H2,(H,18,19);2*1H/t7?,10?,11-;;/m1../s1. The summed E-state index contributed by atoms with van der Waals surface area (Å²) in [7, 11) is 0.